The van der Waals surface area contributed by atoms with Crippen molar-refractivity contribution in [2.45, 2.75) is 27.2 Å². The Bertz CT molecular complexity index is 512. The third-order valence-electron chi connectivity index (χ3n) is 2.86. The van der Waals surface area contributed by atoms with Crippen molar-refractivity contribution in [1.82, 2.24) is 4.98 Å². The van der Waals surface area contributed by atoms with Crippen LogP contribution in [0.3, 0.4) is 0 Å². The second-order valence-electron chi connectivity index (χ2n) is 4.73. The molecule has 2 nitrogen and oxygen atoms in total. The molecule has 0 radical (unpaired) electrons. The molecule has 0 saturated carbocycles. The first-order chi connectivity index (χ1) is 8.69. The minimum Gasteiger partial charge on any atom is -0.385 e. The number of pyridine rings is 1. The quantitative estimate of drug-likeness (QED) is 0.866. The van der Waals surface area contributed by atoms with E-state index in [1.807, 2.05) is 12.3 Å². The maximum Gasteiger partial charge on any atom is 0.0722 e. The first-order valence-electron chi connectivity index (χ1n) is 6.47. The van der Waals surface area contributed by atoms with E-state index in [1.165, 1.54) is 16.7 Å². The Kier molecular flexibility index (Phi) is 3.98. The lowest BCUT2D eigenvalue weighted by Gasteiger charge is -2.08. The van der Waals surface area contributed by atoms with Crippen molar-refractivity contribution in [3.63, 3.8) is 0 Å². The van der Waals surface area contributed by atoms with Crippen LogP contribution in [0.15, 0.2) is 36.5 Å². The van der Waals surface area contributed by atoms with Gasteiger partial charge in [0, 0.05) is 24.0 Å². The molecule has 0 aliphatic rings. The highest BCUT2D eigenvalue weighted by Crippen LogP contribution is 2.22. The highest BCUT2D eigenvalue weighted by Gasteiger charge is 2.02. The predicted octanol–water partition coefficient (Wildman–Crippen LogP) is 4.19. The van der Waals surface area contributed by atoms with Crippen molar-refractivity contribution in [1.29, 1.82) is 0 Å². The summed E-state index contributed by atoms with van der Waals surface area (Å²) >= 11 is 0. The zero-order valence-electron chi connectivity index (χ0n) is 11.3. The van der Waals surface area contributed by atoms with Gasteiger partial charge in [-0.05, 0) is 44.5 Å². The van der Waals surface area contributed by atoms with Crippen LogP contribution in [-0.2, 0) is 0 Å². The molecule has 1 heterocycles. The minimum atomic E-state index is 0.996. The summed E-state index contributed by atoms with van der Waals surface area (Å²) in [5, 5.41) is 3.39. The summed E-state index contributed by atoms with van der Waals surface area (Å²) in [6, 6.07) is 10.7. The van der Waals surface area contributed by atoms with E-state index in [1.54, 1.807) is 0 Å². The summed E-state index contributed by atoms with van der Waals surface area (Å²) in [4.78, 5) is 4.46. The molecule has 94 valence electrons. The highest BCUT2D eigenvalue weighted by atomic mass is 14.9. The van der Waals surface area contributed by atoms with Crippen LogP contribution >= 0.6 is 0 Å². The Labute approximate surface area is 109 Å². The van der Waals surface area contributed by atoms with Gasteiger partial charge in [0.25, 0.3) is 0 Å². The largest absolute Gasteiger partial charge is 0.385 e. The zero-order chi connectivity index (χ0) is 13.0. The van der Waals surface area contributed by atoms with E-state index in [2.05, 4.69) is 55.3 Å². The number of rotatable bonds is 4. The summed E-state index contributed by atoms with van der Waals surface area (Å²) < 4.78 is 0. The molecule has 0 spiro atoms. The van der Waals surface area contributed by atoms with Crippen LogP contribution in [0.1, 0.15) is 24.5 Å². The Morgan fingerprint density at radius 1 is 1.06 bits per heavy atom. The van der Waals surface area contributed by atoms with Crippen LogP contribution in [-0.4, -0.2) is 11.5 Å². The van der Waals surface area contributed by atoms with Crippen molar-refractivity contribution in [3.8, 4) is 11.3 Å². The number of hydrogen-bond acceptors (Lipinski definition) is 2. The van der Waals surface area contributed by atoms with E-state index >= 15 is 0 Å². The molecule has 2 aromatic rings. The number of hydrogen-bond donors (Lipinski definition) is 1. The SMILES string of the molecule is CCCNc1ccnc(-c2cc(C)cc(C)c2)c1. The number of aryl methyl sites for hydroxylation is 2. The molecule has 1 aromatic heterocycles. The lowest BCUT2D eigenvalue weighted by Crippen LogP contribution is -2.00. The van der Waals surface area contributed by atoms with Gasteiger partial charge >= 0.3 is 0 Å². The van der Waals surface area contributed by atoms with Gasteiger partial charge < -0.3 is 5.32 Å². The molecule has 0 saturated heterocycles. The van der Waals surface area contributed by atoms with E-state index in [4.69, 9.17) is 0 Å². The number of nitrogens with zero attached hydrogens (tertiary/aromatic N) is 1. The number of benzene rings is 1. The molecular weight excluding hydrogens is 220 g/mol. The van der Waals surface area contributed by atoms with E-state index in [-0.39, 0.29) is 0 Å². The van der Waals surface area contributed by atoms with Gasteiger partial charge in [-0.15, -0.1) is 0 Å². The fourth-order valence-corrected chi connectivity index (χ4v) is 2.09. The Hall–Kier alpha value is -1.83. The second kappa shape index (κ2) is 5.67. The lowest BCUT2D eigenvalue weighted by molar-refractivity contribution is 0.979. The molecule has 0 fully saturated rings. The Morgan fingerprint density at radius 2 is 1.78 bits per heavy atom. The first kappa shape index (κ1) is 12.6. The van der Waals surface area contributed by atoms with Crippen LogP contribution < -0.4 is 5.32 Å². The van der Waals surface area contributed by atoms with Gasteiger partial charge in [-0.3, -0.25) is 4.98 Å². The fraction of sp³-hybridized carbons (Fsp3) is 0.312. The molecule has 2 rings (SSSR count). The first-order valence-corrected chi connectivity index (χ1v) is 6.47. The van der Waals surface area contributed by atoms with Gasteiger partial charge in [-0.2, -0.15) is 0 Å². The van der Waals surface area contributed by atoms with Crippen LogP contribution in [0.25, 0.3) is 11.3 Å². The van der Waals surface area contributed by atoms with Crippen molar-refractivity contribution in [2.24, 2.45) is 0 Å². The summed E-state index contributed by atoms with van der Waals surface area (Å²) in [6.45, 7) is 7.40. The standard InChI is InChI=1S/C16H20N2/c1-4-6-17-15-5-7-18-16(11-15)14-9-12(2)8-13(3)10-14/h5,7-11H,4,6H2,1-3H3,(H,17,18). The van der Waals surface area contributed by atoms with E-state index in [0.29, 0.717) is 0 Å². The molecule has 0 unspecified atom stereocenters. The molecule has 0 atom stereocenters. The lowest BCUT2D eigenvalue weighted by atomic mass is 10.0. The molecule has 2 heteroatoms. The zero-order valence-corrected chi connectivity index (χ0v) is 11.3. The van der Waals surface area contributed by atoms with Crippen LogP contribution in [0, 0.1) is 13.8 Å². The highest BCUT2D eigenvalue weighted by molar-refractivity contribution is 5.65. The fourth-order valence-electron chi connectivity index (χ4n) is 2.09. The summed E-state index contributed by atoms with van der Waals surface area (Å²) in [5.74, 6) is 0. The molecule has 0 aliphatic heterocycles. The van der Waals surface area contributed by atoms with E-state index < -0.39 is 0 Å². The smallest absolute Gasteiger partial charge is 0.0722 e. The van der Waals surface area contributed by atoms with E-state index in [0.717, 1.165) is 24.3 Å². The predicted molar refractivity (Wildman–Crippen MR) is 77.9 cm³/mol. The topological polar surface area (TPSA) is 24.9 Å². The van der Waals surface area contributed by atoms with Crippen LogP contribution in [0.4, 0.5) is 5.69 Å². The molecular formula is C16H20N2. The summed E-state index contributed by atoms with van der Waals surface area (Å²) in [6.07, 6.45) is 2.99. The normalized spacial score (nSPS) is 10.4. The van der Waals surface area contributed by atoms with Gasteiger partial charge in [0.2, 0.25) is 0 Å². The van der Waals surface area contributed by atoms with Gasteiger partial charge in [0.15, 0.2) is 0 Å². The van der Waals surface area contributed by atoms with Crippen molar-refractivity contribution >= 4 is 5.69 Å². The molecule has 18 heavy (non-hydrogen) atoms. The van der Waals surface area contributed by atoms with Crippen molar-refractivity contribution in [3.05, 3.63) is 47.7 Å². The van der Waals surface area contributed by atoms with Crippen molar-refractivity contribution < 1.29 is 0 Å². The summed E-state index contributed by atoms with van der Waals surface area (Å²) in [5.41, 5.74) is 5.91. The number of aromatic nitrogens is 1. The number of anilines is 1. The maximum atomic E-state index is 4.46. The molecule has 0 amide bonds. The molecule has 1 aromatic carbocycles. The van der Waals surface area contributed by atoms with E-state index in [9.17, 15) is 0 Å². The van der Waals surface area contributed by atoms with Gasteiger partial charge in [0.05, 0.1) is 5.69 Å². The van der Waals surface area contributed by atoms with Crippen LogP contribution in [0.2, 0.25) is 0 Å². The maximum absolute atomic E-state index is 4.46. The van der Waals surface area contributed by atoms with Gasteiger partial charge in [0.1, 0.15) is 0 Å². The van der Waals surface area contributed by atoms with Gasteiger partial charge in [-0.25, -0.2) is 0 Å². The molecule has 0 bridgehead atoms. The summed E-state index contributed by atoms with van der Waals surface area (Å²) in [7, 11) is 0. The Morgan fingerprint density at radius 3 is 2.44 bits per heavy atom. The molecule has 1 N–H and O–H groups in total. The Balaban J connectivity index is 2.32. The average Bonchev–Trinajstić information content (AvgIpc) is 2.35. The average molecular weight is 240 g/mol. The third kappa shape index (κ3) is 3.10. The van der Waals surface area contributed by atoms with Crippen LogP contribution in [0.5, 0.6) is 0 Å². The minimum absolute atomic E-state index is 0.996. The molecule has 0 aliphatic carbocycles. The second-order valence-corrected chi connectivity index (χ2v) is 4.73. The monoisotopic (exact) mass is 240 g/mol. The van der Waals surface area contributed by atoms with Crippen molar-refractivity contribution in [2.75, 3.05) is 11.9 Å². The van der Waals surface area contributed by atoms with Gasteiger partial charge in [-0.1, -0.05) is 24.1 Å². The third-order valence-corrected chi connectivity index (χ3v) is 2.86. The number of nitrogens with one attached hydrogen (secondary N) is 1.